The van der Waals surface area contributed by atoms with Crippen molar-refractivity contribution in [3.8, 4) is 0 Å². The Morgan fingerprint density at radius 1 is 1.39 bits per heavy atom. The van der Waals surface area contributed by atoms with Crippen molar-refractivity contribution in [2.24, 2.45) is 7.05 Å². The summed E-state index contributed by atoms with van der Waals surface area (Å²) in [5.74, 6) is -0.167. The Morgan fingerprint density at radius 3 is 2.72 bits per heavy atom. The highest BCUT2D eigenvalue weighted by atomic mass is 16.1. The lowest BCUT2D eigenvalue weighted by atomic mass is 10.1. The molecule has 2 rings (SSSR count). The Labute approximate surface area is 107 Å². The molecular weight excluding hydrogens is 226 g/mol. The van der Waals surface area contributed by atoms with Gasteiger partial charge in [0.05, 0.1) is 0 Å². The van der Waals surface area contributed by atoms with Crippen LogP contribution in [0.5, 0.6) is 0 Å². The van der Waals surface area contributed by atoms with Gasteiger partial charge in [0.25, 0.3) is 5.91 Å². The van der Waals surface area contributed by atoms with Crippen LogP contribution in [-0.2, 0) is 13.5 Å². The van der Waals surface area contributed by atoms with Crippen molar-refractivity contribution >= 4 is 11.6 Å². The van der Waals surface area contributed by atoms with Crippen molar-refractivity contribution in [1.82, 2.24) is 9.78 Å². The van der Waals surface area contributed by atoms with Crippen molar-refractivity contribution in [3.05, 3.63) is 47.3 Å². The van der Waals surface area contributed by atoms with E-state index in [2.05, 4.69) is 17.3 Å². The molecule has 0 aliphatic carbocycles. The highest BCUT2D eigenvalue weighted by Crippen LogP contribution is 2.16. The highest BCUT2D eigenvalue weighted by Gasteiger charge is 2.12. The molecule has 1 heterocycles. The molecule has 0 radical (unpaired) electrons. The number of anilines is 1. The summed E-state index contributed by atoms with van der Waals surface area (Å²) in [6, 6.07) is 9.59. The van der Waals surface area contributed by atoms with E-state index in [-0.39, 0.29) is 5.91 Å². The number of hydrogen-bond acceptors (Lipinski definition) is 2. The molecule has 18 heavy (non-hydrogen) atoms. The first-order valence-electron chi connectivity index (χ1n) is 6.01. The van der Waals surface area contributed by atoms with Crippen molar-refractivity contribution < 1.29 is 4.79 Å². The summed E-state index contributed by atoms with van der Waals surface area (Å²) in [7, 11) is 1.83. The zero-order valence-corrected chi connectivity index (χ0v) is 10.9. The van der Waals surface area contributed by atoms with Crippen LogP contribution in [0.1, 0.15) is 28.7 Å². The molecule has 0 unspecified atom stereocenters. The Balaban J connectivity index is 2.21. The van der Waals surface area contributed by atoms with Crippen LogP contribution in [0.25, 0.3) is 0 Å². The minimum atomic E-state index is -0.167. The Hall–Kier alpha value is -2.10. The molecule has 0 saturated heterocycles. The van der Waals surface area contributed by atoms with Gasteiger partial charge in [0.2, 0.25) is 0 Å². The number of benzene rings is 1. The van der Waals surface area contributed by atoms with E-state index < -0.39 is 0 Å². The van der Waals surface area contributed by atoms with Crippen LogP contribution >= 0.6 is 0 Å². The van der Waals surface area contributed by atoms with Gasteiger partial charge in [-0.15, -0.1) is 0 Å². The second-order valence-corrected chi connectivity index (χ2v) is 4.26. The van der Waals surface area contributed by atoms with Gasteiger partial charge >= 0.3 is 0 Å². The Bertz CT molecular complexity index is 553. The number of carbonyl (C=O) groups is 1. The van der Waals surface area contributed by atoms with E-state index in [1.54, 1.807) is 10.7 Å². The second kappa shape index (κ2) is 5.04. The Morgan fingerprint density at radius 2 is 2.11 bits per heavy atom. The fourth-order valence-electron chi connectivity index (χ4n) is 1.81. The minimum absolute atomic E-state index is 0.167. The maximum atomic E-state index is 12.1. The summed E-state index contributed by atoms with van der Waals surface area (Å²) in [6.45, 7) is 3.99. The third-order valence-electron chi connectivity index (χ3n) is 2.99. The predicted octanol–water partition coefficient (Wildman–Crippen LogP) is 2.54. The molecule has 0 saturated carbocycles. The quantitative estimate of drug-likeness (QED) is 0.900. The van der Waals surface area contributed by atoms with Crippen LogP contribution in [0.2, 0.25) is 0 Å². The molecule has 4 heteroatoms. The second-order valence-electron chi connectivity index (χ2n) is 4.26. The largest absolute Gasteiger partial charge is 0.320 e. The van der Waals surface area contributed by atoms with Crippen LogP contribution < -0.4 is 5.32 Å². The van der Waals surface area contributed by atoms with E-state index >= 15 is 0 Å². The maximum Gasteiger partial charge on any atom is 0.276 e. The molecule has 0 atom stereocenters. The molecule has 0 spiro atoms. The van der Waals surface area contributed by atoms with Crippen LogP contribution in [-0.4, -0.2) is 15.7 Å². The van der Waals surface area contributed by atoms with E-state index in [1.165, 1.54) is 0 Å². The molecule has 2 aromatic rings. The van der Waals surface area contributed by atoms with Crippen LogP contribution in [0, 0.1) is 6.92 Å². The van der Waals surface area contributed by atoms with E-state index in [1.807, 2.05) is 38.2 Å². The summed E-state index contributed by atoms with van der Waals surface area (Å²) in [5, 5.41) is 7.07. The first-order chi connectivity index (χ1) is 8.61. The lowest BCUT2D eigenvalue weighted by Gasteiger charge is -2.08. The van der Waals surface area contributed by atoms with Crippen molar-refractivity contribution in [2.75, 3.05) is 5.32 Å². The van der Waals surface area contributed by atoms with Gasteiger partial charge in [-0.05, 0) is 31.0 Å². The average molecular weight is 243 g/mol. The molecule has 0 bridgehead atoms. The van der Waals surface area contributed by atoms with Crippen molar-refractivity contribution in [1.29, 1.82) is 0 Å². The number of amides is 1. The van der Waals surface area contributed by atoms with Crippen molar-refractivity contribution in [3.63, 3.8) is 0 Å². The monoisotopic (exact) mass is 243 g/mol. The van der Waals surface area contributed by atoms with E-state index in [9.17, 15) is 4.79 Å². The third-order valence-corrected chi connectivity index (χ3v) is 2.99. The first kappa shape index (κ1) is 12.4. The van der Waals surface area contributed by atoms with Gasteiger partial charge < -0.3 is 5.32 Å². The molecule has 1 amide bonds. The lowest BCUT2D eigenvalue weighted by Crippen LogP contribution is -2.14. The molecular formula is C14H17N3O. The number of para-hydroxylation sites is 1. The summed E-state index contributed by atoms with van der Waals surface area (Å²) >= 11 is 0. The van der Waals surface area contributed by atoms with Crippen LogP contribution in [0.15, 0.2) is 30.3 Å². The lowest BCUT2D eigenvalue weighted by molar-refractivity contribution is 0.102. The number of hydrogen-bond donors (Lipinski definition) is 1. The molecule has 4 nitrogen and oxygen atoms in total. The minimum Gasteiger partial charge on any atom is -0.320 e. The number of nitrogens with one attached hydrogen (secondary N) is 1. The van der Waals surface area contributed by atoms with Gasteiger partial charge in [-0.25, -0.2) is 0 Å². The number of nitrogens with zero attached hydrogens (tertiary/aromatic N) is 2. The molecule has 1 N–H and O–H groups in total. The van der Waals surface area contributed by atoms with Gasteiger partial charge in [-0.3, -0.25) is 9.48 Å². The predicted molar refractivity (Wildman–Crippen MR) is 71.7 cm³/mol. The highest BCUT2D eigenvalue weighted by molar-refractivity contribution is 6.03. The van der Waals surface area contributed by atoms with Gasteiger partial charge in [-0.2, -0.15) is 5.10 Å². The van der Waals surface area contributed by atoms with Gasteiger partial charge in [0.1, 0.15) is 0 Å². The number of carbonyl (C=O) groups excluding carboxylic acids is 1. The van der Waals surface area contributed by atoms with Gasteiger partial charge in [0.15, 0.2) is 5.69 Å². The van der Waals surface area contributed by atoms with E-state index in [0.717, 1.165) is 23.4 Å². The molecule has 94 valence electrons. The normalized spacial score (nSPS) is 10.4. The average Bonchev–Trinajstić information content (AvgIpc) is 2.70. The number of aryl methyl sites for hydroxylation is 3. The molecule has 1 aromatic carbocycles. The molecule has 0 fully saturated rings. The fourth-order valence-corrected chi connectivity index (χ4v) is 1.81. The van der Waals surface area contributed by atoms with Crippen LogP contribution in [0.3, 0.4) is 0 Å². The summed E-state index contributed by atoms with van der Waals surface area (Å²) in [5.41, 5.74) is 3.39. The van der Waals surface area contributed by atoms with Gasteiger partial charge in [-0.1, -0.05) is 25.1 Å². The Kier molecular flexibility index (Phi) is 3.46. The van der Waals surface area contributed by atoms with Crippen molar-refractivity contribution in [2.45, 2.75) is 20.3 Å². The molecule has 1 aromatic heterocycles. The van der Waals surface area contributed by atoms with E-state index in [4.69, 9.17) is 0 Å². The number of aromatic nitrogens is 2. The van der Waals surface area contributed by atoms with Gasteiger partial charge in [0, 0.05) is 18.4 Å². The zero-order chi connectivity index (χ0) is 13.1. The molecule has 0 aliphatic heterocycles. The standard InChI is InChI=1S/C14H17N3O/c1-4-11-7-5-6-8-12(11)15-14(18)13-9-10(2)17(3)16-13/h5-9H,4H2,1-3H3,(H,15,18). The smallest absolute Gasteiger partial charge is 0.276 e. The zero-order valence-electron chi connectivity index (χ0n) is 10.9. The summed E-state index contributed by atoms with van der Waals surface area (Å²) < 4.78 is 1.70. The third kappa shape index (κ3) is 2.42. The topological polar surface area (TPSA) is 46.9 Å². The molecule has 0 aliphatic rings. The summed E-state index contributed by atoms with van der Waals surface area (Å²) in [6.07, 6.45) is 0.887. The maximum absolute atomic E-state index is 12.1. The van der Waals surface area contributed by atoms with E-state index in [0.29, 0.717) is 5.69 Å². The fraction of sp³-hybridized carbons (Fsp3) is 0.286. The number of rotatable bonds is 3. The summed E-state index contributed by atoms with van der Waals surface area (Å²) in [4.78, 5) is 12.1. The van der Waals surface area contributed by atoms with Crippen LogP contribution in [0.4, 0.5) is 5.69 Å². The first-order valence-corrected chi connectivity index (χ1v) is 6.01. The SMILES string of the molecule is CCc1ccccc1NC(=O)c1cc(C)n(C)n1.